The van der Waals surface area contributed by atoms with Crippen LogP contribution < -0.4 is 5.73 Å². The molecule has 1 atom stereocenters. The van der Waals surface area contributed by atoms with Crippen LogP contribution in [0.3, 0.4) is 0 Å². The lowest BCUT2D eigenvalue weighted by molar-refractivity contribution is 0.683. The maximum Gasteiger partial charge on any atom is 0.166 e. The van der Waals surface area contributed by atoms with E-state index >= 15 is 0 Å². The van der Waals surface area contributed by atoms with Crippen molar-refractivity contribution >= 4 is 11.3 Å². The third-order valence-corrected chi connectivity index (χ3v) is 3.47. The Morgan fingerprint density at radius 1 is 1.44 bits per heavy atom. The fraction of sp³-hybridized carbons (Fsp3) is 0.364. The van der Waals surface area contributed by atoms with E-state index in [2.05, 4.69) is 15.2 Å². The molecule has 0 saturated carbocycles. The summed E-state index contributed by atoms with van der Waals surface area (Å²) in [6.45, 7) is 4.06. The molecule has 2 N–H and O–H groups in total. The number of nitrogens with two attached hydrogens (primary N) is 1. The van der Waals surface area contributed by atoms with E-state index in [1.807, 2.05) is 26.0 Å². The van der Waals surface area contributed by atoms with E-state index in [4.69, 9.17) is 5.73 Å². The van der Waals surface area contributed by atoms with Crippen molar-refractivity contribution in [3.05, 3.63) is 28.9 Å². The molecule has 2 aromatic heterocycles. The summed E-state index contributed by atoms with van der Waals surface area (Å²) in [4.78, 5) is 4.31. The second-order valence-corrected chi connectivity index (χ2v) is 4.64. The highest BCUT2D eigenvalue weighted by Gasteiger charge is 2.13. The highest BCUT2D eigenvalue weighted by molar-refractivity contribution is 7.14. The van der Waals surface area contributed by atoms with Crippen molar-refractivity contribution < 1.29 is 0 Å². The van der Waals surface area contributed by atoms with Gasteiger partial charge in [0.15, 0.2) is 5.01 Å². The third-order valence-electron chi connectivity index (χ3n) is 2.41. The van der Waals surface area contributed by atoms with Gasteiger partial charge in [-0.3, -0.25) is 4.98 Å². The quantitative estimate of drug-likeness (QED) is 0.885. The lowest BCUT2D eigenvalue weighted by atomic mass is 10.2. The molecular formula is C11H14N4S. The van der Waals surface area contributed by atoms with Crippen LogP contribution in [0, 0.1) is 6.92 Å². The van der Waals surface area contributed by atoms with Gasteiger partial charge in [-0.05, 0) is 25.0 Å². The van der Waals surface area contributed by atoms with Gasteiger partial charge in [0.1, 0.15) is 10.7 Å². The first-order valence-corrected chi connectivity index (χ1v) is 6.05. The summed E-state index contributed by atoms with van der Waals surface area (Å²) in [5.41, 5.74) is 7.92. The molecule has 0 aliphatic rings. The Morgan fingerprint density at radius 3 is 2.94 bits per heavy atom. The summed E-state index contributed by atoms with van der Waals surface area (Å²) < 4.78 is 0. The molecule has 0 aliphatic heterocycles. The van der Waals surface area contributed by atoms with E-state index in [1.54, 1.807) is 6.20 Å². The summed E-state index contributed by atoms with van der Waals surface area (Å²) in [5, 5.41) is 9.97. The Kier molecular flexibility index (Phi) is 3.26. The van der Waals surface area contributed by atoms with Crippen LogP contribution in [-0.2, 0) is 0 Å². The third kappa shape index (κ3) is 2.10. The van der Waals surface area contributed by atoms with Crippen LogP contribution in [0.1, 0.15) is 30.0 Å². The molecule has 2 aromatic rings. The molecule has 0 saturated heterocycles. The Bertz CT molecular complexity index is 480. The molecule has 0 amide bonds. The summed E-state index contributed by atoms with van der Waals surface area (Å²) in [7, 11) is 0. The van der Waals surface area contributed by atoms with Gasteiger partial charge in [0.2, 0.25) is 0 Å². The van der Waals surface area contributed by atoms with Crippen LogP contribution in [0.25, 0.3) is 10.7 Å². The summed E-state index contributed by atoms with van der Waals surface area (Å²) in [6.07, 6.45) is 2.64. The molecule has 0 fully saturated rings. The first-order valence-electron chi connectivity index (χ1n) is 5.23. The van der Waals surface area contributed by atoms with E-state index in [0.29, 0.717) is 0 Å². The summed E-state index contributed by atoms with van der Waals surface area (Å²) in [5.74, 6) is 0. The van der Waals surface area contributed by atoms with Gasteiger partial charge < -0.3 is 5.73 Å². The van der Waals surface area contributed by atoms with E-state index in [1.165, 1.54) is 11.3 Å². The van der Waals surface area contributed by atoms with Gasteiger partial charge in [-0.1, -0.05) is 24.3 Å². The van der Waals surface area contributed by atoms with Crippen molar-refractivity contribution in [2.45, 2.75) is 26.3 Å². The fourth-order valence-electron chi connectivity index (χ4n) is 1.36. The second-order valence-electron chi connectivity index (χ2n) is 3.63. The van der Waals surface area contributed by atoms with Gasteiger partial charge in [0.25, 0.3) is 0 Å². The van der Waals surface area contributed by atoms with E-state index in [-0.39, 0.29) is 6.04 Å². The molecular weight excluding hydrogens is 220 g/mol. The minimum atomic E-state index is -0.0183. The molecule has 5 heteroatoms. The average Bonchev–Trinajstić information content (AvgIpc) is 2.78. The van der Waals surface area contributed by atoms with Crippen molar-refractivity contribution in [3.63, 3.8) is 0 Å². The zero-order valence-corrected chi connectivity index (χ0v) is 10.2. The monoisotopic (exact) mass is 234 g/mol. The van der Waals surface area contributed by atoms with Crippen LogP contribution in [-0.4, -0.2) is 15.2 Å². The van der Waals surface area contributed by atoms with Gasteiger partial charge in [-0.25, -0.2) is 0 Å². The largest absolute Gasteiger partial charge is 0.322 e. The van der Waals surface area contributed by atoms with Crippen molar-refractivity contribution in [2.75, 3.05) is 0 Å². The number of nitrogens with zero attached hydrogens (tertiary/aromatic N) is 3. The summed E-state index contributed by atoms with van der Waals surface area (Å²) >= 11 is 1.52. The summed E-state index contributed by atoms with van der Waals surface area (Å²) in [6, 6.07) is 3.91. The van der Waals surface area contributed by atoms with E-state index < -0.39 is 0 Å². The van der Waals surface area contributed by atoms with E-state index in [9.17, 15) is 0 Å². The van der Waals surface area contributed by atoms with Crippen LogP contribution in [0.2, 0.25) is 0 Å². The SMILES string of the molecule is CCC(N)c1nnc(-c2ncccc2C)s1. The first-order chi connectivity index (χ1) is 7.72. The maximum atomic E-state index is 5.91. The average molecular weight is 234 g/mol. The number of aromatic nitrogens is 3. The molecule has 84 valence electrons. The minimum absolute atomic E-state index is 0.0183. The Balaban J connectivity index is 2.35. The zero-order chi connectivity index (χ0) is 11.5. The highest BCUT2D eigenvalue weighted by Crippen LogP contribution is 2.27. The van der Waals surface area contributed by atoms with Gasteiger partial charge in [0.05, 0.1) is 6.04 Å². The normalized spacial score (nSPS) is 12.7. The molecule has 2 rings (SSSR count). The van der Waals surface area contributed by atoms with Gasteiger partial charge in [-0.15, -0.1) is 10.2 Å². The zero-order valence-electron chi connectivity index (χ0n) is 9.34. The molecule has 0 aliphatic carbocycles. The lowest BCUT2D eigenvalue weighted by Crippen LogP contribution is -2.07. The standard InChI is InChI=1S/C11H14N4S/c1-3-8(12)10-14-15-11(16-10)9-7(2)5-4-6-13-9/h4-6,8H,3,12H2,1-2H3. The molecule has 0 spiro atoms. The maximum absolute atomic E-state index is 5.91. The Hall–Kier alpha value is -1.33. The second kappa shape index (κ2) is 4.67. The van der Waals surface area contributed by atoms with Gasteiger partial charge in [-0.2, -0.15) is 0 Å². The molecule has 0 aromatic carbocycles. The number of pyridine rings is 1. The first kappa shape index (κ1) is 11.2. The molecule has 2 heterocycles. The smallest absolute Gasteiger partial charge is 0.166 e. The van der Waals surface area contributed by atoms with E-state index in [0.717, 1.165) is 27.7 Å². The Morgan fingerprint density at radius 2 is 2.25 bits per heavy atom. The van der Waals surface area contributed by atoms with Crippen LogP contribution >= 0.6 is 11.3 Å². The van der Waals surface area contributed by atoms with Gasteiger partial charge >= 0.3 is 0 Å². The minimum Gasteiger partial charge on any atom is -0.322 e. The molecule has 0 radical (unpaired) electrons. The van der Waals surface area contributed by atoms with Crippen LogP contribution in [0.4, 0.5) is 0 Å². The van der Waals surface area contributed by atoms with Gasteiger partial charge in [0, 0.05) is 6.20 Å². The molecule has 4 nitrogen and oxygen atoms in total. The highest BCUT2D eigenvalue weighted by atomic mass is 32.1. The fourth-order valence-corrected chi connectivity index (χ4v) is 2.35. The predicted octanol–water partition coefficient (Wildman–Crippen LogP) is 2.32. The number of rotatable bonds is 3. The van der Waals surface area contributed by atoms with Crippen LogP contribution in [0.15, 0.2) is 18.3 Å². The van der Waals surface area contributed by atoms with Crippen molar-refractivity contribution in [1.29, 1.82) is 0 Å². The Labute approximate surface area is 98.6 Å². The lowest BCUT2D eigenvalue weighted by Gasteiger charge is -2.01. The topological polar surface area (TPSA) is 64.7 Å². The number of hydrogen-bond acceptors (Lipinski definition) is 5. The molecule has 0 bridgehead atoms. The van der Waals surface area contributed by atoms with Crippen molar-refractivity contribution in [2.24, 2.45) is 5.73 Å². The predicted molar refractivity (Wildman–Crippen MR) is 65.1 cm³/mol. The number of aryl methyl sites for hydroxylation is 1. The van der Waals surface area contributed by atoms with Crippen molar-refractivity contribution in [3.8, 4) is 10.7 Å². The number of hydrogen-bond donors (Lipinski definition) is 1. The van der Waals surface area contributed by atoms with Crippen molar-refractivity contribution in [1.82, 2.24) is 15.2 Å². The molecule has 16 heavy (non-hydrogen) atoms. The molecule has 1 unspecified atom stereocenters. The van der Waals surface area contributed by atoms with Crippen LogP contribution in [0.5, 0.6) is 0 Å².